The SMILES string of the molecule is Cc1cc2nc3ccc(N(C)C)cc3nc2cc1[N+]#N. The van der Waals surface area contributed by atoms with Gasteiger partial charge in [0, 0.05) is 25.3 Å². The van der Waals surface area contributed by atoms with Crippen LogP contribution in [-0.2, 0) is 0 Å². The van der Waals surface area contributed by atoms with Crippen molar-refractivity contribution in [2.45, 2.75) is 6.92 Å². The maximum absolute atomic E-state index is 8.98. The molecule has 0 aliphatic rings. The second kappa shape index (κ2) is 4.42. The van der Waals surface area contributed by atoms with Crippen molar-refractivity contribution in [1.29, 1.82) is 5.39 Å². The molecule has 0 spiro atoms. The molecule has 2 aromatic carbocycles. The lowest BCUT2D eigenvalue weighted by Crippen LogP contribution is -2.08. The highest BCUT2D eigenvalue weighted by atomic mass is 15.1. The van der Waals surface area contributed by atoms with E-state index >= 15 is 0 Å². The van der Waals surface area contributed by atoms with E-state index in [1.807, 2.05) is 50.2 Å². The van der Waals surface area contributed by atoms with Gasteiger partial charge in [-0.3, -0.25) is 0 Å². The molecule has 0 atom stereocenters. The van der Waals surface area contributed by atoms with Gasteiger partial charge >= 0.3 is 5.69 Å². The molecular formula is C15H14N5+. The van der Waals surface area contributed by atoms with Crippen molar-refractivity contribution >= 4 is 33.4 Å². The van der Waals surface area contributed by atoms with E-state index in [1.165, 1.54) is 0 Å². The summed E-state index contributed by atoms with van der Waals surface area (Å²) >= 11 is 0. The highest BCUT2D eigenvalue weighted by Gasteiger charge is 2.13. The molecule has 0 radical (unpaired) electrons. The molecule has 1 aromatic heterocycles. The van der Waals surface area contributed by atoms with Gasteiger partial charge in [0.25, 0.3) is 0 Å². The minimum atomic E-state index is 0.523. The Kier molecular flexibility index (Phi) is 2.72. The Balaban J connectivity index is 2.32. The molecule has 5 nitrogen and oxygen atoms in total. The molecule has 5 heteroatoms. The third-order valence-electron chi connectivity index (χ3n) is 3.36. The molecule has 0 saturated carbocycles. The molecule has 0 unspecified atom stereocenters. The number of rotatable bonds is 1. The zero-order chi connectivity index (χ0) is 14.3. The summed E-state index contributed by atoms with van der Waals surface area (Å²) in [6.45, 7) is 1.88. The molecule has 0 aliphatic heterocycles. The lowest BCUT2D eigenvalue weighted by molar-refractivity contribution is 1.13. The number of hydrogen-bond donors (Lipinski definition) is 0. The normalized spacial score (nSPS) is 10.7. The van der Waals surface area contributed by atoms with Crippen LogP contribution in [0, 0.1) is 12.3 Å². The second-order valence-corrected chi connectivity index (χ2v) is 5.02. The van der Waals surface area contributed by atoms with Gasteiger partial charge in [0.1, 0.15) is 0 Å². The molecule has 3 aromatic rings. The average Bonchev–Trinajstić information content (AvgIpc) is 2.43. The lowest BCUT2D eigenvalue weighted by Gasteiger charge is -2.12. The smallest absolute Gasteiger partial charge is 0.378 e. The number of diazo groups is 1. The fourth-order valence-corrected chi connectivity index (χ4v) is 2.19. The Labute approximate surface area is 116 Å². The van der Waals surface area contributed by atoms with Crippen LogP contribution in [0.15, 0.2) is 30.3 Å². The van der Waals surface area contributed by atoms with Crippen LogP contribution in [0.1, 0.15) is 5.56 Å². The van der Waals surface area contributed by atoms with Gasteiger partial charge in [-0.2, -0.15) is 0 Å². The van der Waals surface area contributed by atoms with Crippen LogP contribution in [0.4, 0.5) is 11.4 Å². The molecule has 0 amide bonds. The molecule has 3 rings (SSSR count). The van der Waals surface area contributed by atoms with E-state index in [-0.39, 0.29) is 0 Å². The van der Waals surface area contributed by atoms with Crippen molar-refractivity contribution in [3.05, 3.63) is 40.9 Å². The fraction of sp³-hybridized carbons (Fsp3) is 0.200. The first-order valence-corrected chi connectivity index (χ1v) is 6.33. The minimum absolute atomic E-state index is 0.523. The van der Waals surface area contributed by atoms with E-state index in [4.69, 9.17) is 5.39 Å². The summed E-state index contributed by atoms with van der Waals surface area (Å²) in [7, 11) is 3.98. The topological polar surface area (TPSA) is 57.2 Å². The average molecular weight is 264 g/mol. The number of benzene rings is 2. The van der Waals surface area contributed by atoms with E-state index < -0.39 is 0 Å². The van der Waals surface area contributed by atoms with Crippen molar-refractivity contribution in [3.63, 3.8) is 0 Å². The van der Waals surface area contributed by atoms with Gasteiger partial charge in [-0.05, 0) is 31.2 Å². The summed E-state index contributed by atoms with van der Waals surface area (Å²) in [5.41, 5.74) is 5.69. The monoisotopic (exact) mass is 264 g/mol. The third kappa shape index (κ3) is 1.91. The maximum atomic E-state index is 8.98. The van der Waals surface area contributed by atoms with E-state index in [0.717, 1.165) is 33.3 Å². The van der Waals surface area contributed by atoms with Gasteiger partial charge in [0.15, 0.2) is 4.98 Å². The molecule has 0 N–H and O–H groups in total. The predicted molar refractivity (Wildman–Crippen MR) is 80.9 cm³/mol. The molecular weight excluding hydrogens is 250 g/mol. The highest BCUT2D eigenvalue weighted by molar-refractivity contribution is 5.90. The fourth-order valence-electron chi connectivity index (χ4n) is 2.19. The van der Waals surface area contributed by atoms with Gasteiger partial charge in [-0.15, -0.1) is 0 Å². The van der Waals surface area contributed by atoms with Crippen molar-refractivity contribution < 1.29 is 0 Å². The van der Waals surface area contributed by atoms with E-state index in [9.17, 15) is 0 Å². The third-order valence-corrected chi connectivity index (χ3v) is 3.36. The number of nitrogens with zero attached hydrogens (tertiary/aromatic N) is 5. The van der Waals surface area contributed by atoms with Crippen LogP contribution >= 0.6 is 0 Å². The summed E-state index contributed by atoms with van der Waals surface area (Å²) < 4.78 is 0. The summed E-state index contributed by atoms with van der Waals surface area (Å²) in [6, 6.07) is 9.62. The Morgan fingerprint density at radius 2 is 1.60 bits per heavy atom. The van der Waals surface area contributed by atoms with Gasteiger partial charge in [-0.25, -0.2) is 9.97 Å². The molecule has 0 bridgehead atoms. The lowest BCUT2D eigenvalue weighted by atomic mass is 10.1. The van der Waals surface area contributed by atoms with Crippen LogP contribution in [-0.4, -0.2) is 24.1 Å². The van der Waals surface area contributed by atoms with Gasteiger partial charge in [-0.1, -0.05) is 0 Å². The van der Waals surface area contributed by atoms with Crippen LogP contribution in [0.25, 0.3) is 27.0 Å². The Morgan fingerprint density at radius 1 is 0.950 bits per heavy atom. The number of anilines is 1. The molecule has 1 heterocycles. The van der Waals surface area contributed by atoms with Gasteiger partial charge < -0.3 is 4.90 Å². The minimum Gasteiger partial charge on any atom is -0.378 e. The van der Waals surface area contributed by atoms with Crippen molar-refractivity contribution in [2.75, 3.05) is 19.0 Å². The molecule has 98 valence electrons. The maximum Gasteiger partial charge on any atom is 0.390 e. The standard InChI is InChI=1S/C15H14N5/c1-9-6-13-15(8-12(9)19-16)18-14-7-10(20(2)3)4-5-11(14)17-13/h4-8H,1-3H3/q+1. The molecule has 0 saturated heterocycles. The first-order valence-electron chi connectivity index (χ1n) is 6.33. The van der Waals surface area contributed by atoms with Gasteiger partial charge in [0.05, 0.1) is 28.1 Å². The molecule has 0 aliphatic carbocycles. The van der Waals surface area contributed by atoms with Crippen LogP contribution in [0.5, 0.6) is 0 Å². The van der Waals surface area contributed by atoms with Gasteiger partial charge in [0.2, 0.25) is 5.39 Å². The van der Waals surface area contributed by atoms with Crippen molar-refractivity contribution in [1.82, 2.24) is 9.97 Å². The Morgan fingerprint density at radius 3 is 2.30 bits per heavy atom. The highest BCUT2D eigenvalue weighted by Crippen LogP contribution is 2.26. The number of fused-ring (bicyclic) bond motifs is 2. The van der Waals surface area contributed by atoms with E-state index in [0.29, 0.717) is 5.69 Å². The van der Waals surface area contributed by atoms with Crippen LogP contribution < -0.4 is 4.90 Å². The Bertz CT molecular complexity index is 861. The molecule has 20 heavy (non-hydrogen) atoms. The quantitative estimate of drug-likeness (QED) is 0.497. The summed E-state index contributed by atoms with van der Waals surface area (Å²) in [5.74, 6) is 0. The van der Waals surface area contributed by atoms with E-state index in [2.05, 4.69) is 14.9 Å². The zero-order valence-corrected chi connectivity index (χ0v) is 11.6. The summed E-state index contributed by atoms with van der Waals surface area (Å²) in [4.78, 5) is 14.5. The predicted octanol–water partition coefficient (Wildman–Crippen LogP) is 3.64. The second-order valence-electron chi connectivity index (χ2n) is 5.02. The summed E-state index contributed by atoms with van der Waals surface area (Å²) in [5, 5.41) is 8.98. The first kappa shape index (κ1) is 12.3. The zero-order valence-electron chi connectivity index (χ0n) is 11.6. The number of hydrogen-bond acceptors (Lipinski definition) is 4. The van der Waals surface area contributed by atoms with Crippen LogP contribution in [0.3, 0.4) is 0 Å². The largest absolute Gasteiger partial charge is 0.390 e. The summed E-state index contributed by atoms with van der Waals surface area (Å²) in [6.07, 6.45) is 0. The van der Waals surface area contributed by atoms with Crippen LogP contribution in [0.2, 0.25) is 0 Å². The number of aromatic nitrogens is 2. The van der Waals surface area contributed by atoms with Crippen molar-refractivity contribution in [2.24, 2.45) is 0 Å². The first-order chi connectivity index (χ1) is 9.58. The van der Waals surface area contributed by atoms with E-state index in [1.54, 1.807) is 6.07 Å². The Hall–Kier alpha value is -2.74. The van der Waals surface area contributed by atoms with Crippen molar-refractivity contribution in [3.8, 4) is 0 Å². The number of aryl methyl sites for hydroxylation is 1. The molecule has 0 fully saturated rings.